The zero-order valence-electron chi connectivity index (χ0n) is 18.9. The number of halogens is 6. The van der Waals surface area contributed by atoms with Crippen molar-refractivity contribution in [3.05, 3.63) is 106 Å². The molecule has 2 atom stereocenters. The van der Waals surface area contributed by atoms with Crippen LogP contribution in [0.1, 0.15) is 28.3 Å². The lowest BCUT2D eigenvalue weighted by Gasteiger charge is -2.38. The van der Waals surface area contributed by atoms with Crippen LogP contribution < -0.4 is 5.01 Å². The van der Waals surface area contributed by atoms with E-state index in [9.17, 15) is 18.3 Å². The molecule has 0 radical (unpaired) electrons. The number of alkyl halides is 1. The van der Waals surface area contributed by atoms with Gasteiger partial charge in [0.25, 0.3) is 0 Å². The summed E-state index contributed by atoms with van der Waals surface area (Å²) in [5.74, 6) is -11.2. The second-order valence-electron chi connectivity index (χ2n) is 8.78. The number of nitrogens with zero attached hydrogens (tertiary/aromatic N) is 3. The number of rotatable bonds is 3. The van der Waals surface area contributed by atoms with Gasteiger partial charge >= 0.3 is 0 Å². The summed E-state index contributed by atoms with van der Waals surface area (Å²) in [6, 6.07) is 13.7. The summed E-state index contributed by atoms with van der Waals surface area (Å²) in [5, 5.41) is 16.7. The van der Waals surface area contributed by atoms with Gasteiger partial charge in [-0.15, -0.1) is 5.10 Å². The molecule has 3 aromatic rings. The summed E-state index contributed by atoms with van der Waals surface area (Å²) < 4.78 is 78.4. The van der Waals surface area contributed by atoms with Crippen LogP contribution >= 0.6 is 15.9 Å². The second-order valence-corrected chi connectivity index (χ2v) is 9.34. The number of benzene rings is 3. The van der Waals surface area contributed by atoms with Crippen LogP contribution in [0.15, 0.2) is 59.5 Å². The first-order valence-corrected chi connectivity index (χ1v) is 12.4. The van der Waals surface area contributed by atoms with Gasteiger partial charge < -0.3 is 9.84 Å². The lowest BCUT2D eigenvalue weighted by Crippen LogP contribution is -2.45. The summed E-state index contributed by atoms with van der Waals surface area (Å²) in [4.78, 5) is 1.57. The van der Waals surface area contributed by atoms with Gasteiger partial charge in [-0.3, -0.25) is 4.90 Å². The van der Waals surface area contributed by atoms with E-state index in [-0.39, 0.29) is 24.4 Å². The van der Waals surface area contributed by atoms with Crippen molar-refractivity contribution in [2.24, 2.45) is 5.10 Å². The molecule has 1 unspecified atom stereocenters. The first kappa shape index (κ1) is 23.9. The number of fused-ring (bicyclic) bond motifs is 5. The van der Waals surface area contributed by atoms with Gasteiger partial charge in [0.05, 0.1) is 12.1 Å². The van der Waals surface area contributed by atoms with Crippen LogP contribution in [0.25, 0.3) is 5.76 Å². The average molecular weight is 578 g/mol. The molecule has 6 rings (SSSR count). The molecule has 3 aromatic carbocycles. The molecule has 11 heteroatoms. The molecule has 190 valence electrons. The van der Waals surface area contributed by atoms with Crippen molar-refractivity contribution >= 4 is 33.2 Å². The molecule has 5 nitrogen and oxygen atoms in total. The molecule has 0 saturated carbocycles. The first-order chi connectivity index (χ1) is 17.8. The van der Waals surface area contributed by atoms with Crippen LogP contribution in [0.3, 0.4) is 0 Å². The Morgan fingerprint density at radius 3 is 2.32 bits per heavy atom. The predicted molar refractivity (Wildman–Crippen MR) is 129 cm³/mol. The van der Waals surface area contributed by atoms with E-state index in [1.165, 1.54) is 0 Å². The quantitative estimate of drug-likeness (QED) is 0.131. The fourth-order valence-electron chi connectivity index (χ4n) is 5.14. The minimum absolute atomic E-state index is 0.0993. The van der Waals surface area contributed by atoms with Crippen molar-refractivity contribution in [2.45, 2.75) is 23.9 Å². The van der Waals surface area contributed by atoms with E-state index in [0.717, 1.165) is 11.1 Å². The SMILES string of the molecule is O/C(=C1\N(c2c(F)c(F)c(F)c(F)c2F)N=C2CO[C@H]3Cc4ccccc4C3N21)c1ccccc1CBr. The number of amidine groups is 1. The predicted octanol–water partition coefficient (Wildman–Crippen LogP) is 6.29. The third kappa shape index (κ3) is 3.47. The van der Waals surface area contributed by atoms with Gasteiger partial charge in [-0.25, -0.2) is 27.0 Å². The fourth-order valence-corrected chi connectivity index (χ4v) is 5.63. The number of hydrogen-bond acceptors (Lipinski definition) is 5. The summed E-state index contributed by atoms with van der Waals surface area (Å²) in [6.07, 6.45) is 0.154. The standard InChI is InChI=1S/C26H17BrF5N3O2/c27-10-13-6-2-4-8-15(13)25(36)26-34-17(11-37-16-9-12-5-1-3-7-14(12)23(16)34)33-35(26)24-21(31)19(29)18(28)20(30)22(24)32/h1-8,16,23,36H,9-11H2/b26-25-/t16-,23?/m0/s1. The molecular formula is C26H17BrF5N3O2. The zero-order chi connectivity index (χ0) is 26.0. The minimum Gasteiger partial charge on any atom is -0.504 e. The largest absolute Gasteiger partial charge is 0.504 e. The molecule has 3 aliphatic rings. The molecule has 2 heterocycles. The smallest absolute Gasteiger partial charge is 0.200 e. The number of aliphatic hydroxyl groups excluding tert-OH is 1. The molecule has 0 amide bonds. The number of morpholine rings is 1. The maximum absolute atomic E-state index is 15.0. The molecule has 1 N–H and O–H groups in total. The van der Waals surface area contributed by atoms with E-state index in [2.05, 4.69) is 21.0 Å². The van der Waals surface area contributed by atoms with Crippen molar-refractivity contribution in [1.82, 2.24) is 4.90 Å². The monoisotopic (exact) mass is 577 g/mol. The van der Waals surface area contributed by atoms with Crippen LogP contribution in [-0.4, -0.2) is 28.6 Å². The van der Waals surface area contributed by atoms with Crippen molar-refractivity contribution in [1.29, 1.82) is 0 Å². The van der Waals surface area contributed by atoms with Gasteiger partial charge in [0.2, 0.25) is 5.82 Å². The van der Waals surface area contributed by atoms with Crippen molar-refractivity contribution in [2.75, 3.05) is 11.6 Å². The van der Waals surface area contributed by atoms with Gasteiger partial charge in [-0.1, -0.05) is 64.5 Å². The van der Waals surface area contributed by atoms with E-state index >= 15 is 8.78 Å². The maximum atomic E-state index is 15.0. The topological polar surface area (TPSA) is 48.3 Å². The van der Waals surface area contributed by atoms with Crippen molar-refractivity contribution in [3.63, 3.8) is 0 Å². The third-order valence-corrected chi connectivity index (χ3v) is 7.40. The molecule has 0 aromatic heterocycles. The first-order valence-electron chi connectivity index (χ1n) is 11.3. The Hall–Kier alpha value is -3.44. The van der Waals surface area contributed by atoms with Gasteiger partial charge in [0.15, 0.2) is 40.7 Å². The van der Waals surface area contributed by atoms with E-state index in [0.29, 0.717) is 27.9 Å². The lowest BCUT2D eigenvalue weighted by atomic mass is 10.0. The Morgan fingerprint density at radius 2 is 1.59 bits per heavy atom. The number of anilines is 1. The summed E-state index contributed by atoms with van der Waals surface area (Å²) in [7, 11) is 0. The Morgan fingerprint density at radius 1 is 0.946 bits per heavy atom. The number of ether oxygens (including phenoxy) is 1. The number of hydrazone groups is 1. The van der Waals surface area contributed by atoms with Crippen LogP contribution in [0, 0.1) is 29.1 Å². The maximum Gasteiger partial charge on any atom is 0.200 e. The Kier molecular flexibility index (Phi) is 5.72. The minimum atomic E-state index is -2.28. The Balaban J connectivity index is 1.63. The average Bonchev–Trinajstić information content (AvgIpc) is 3.48. The molecular weight excluding hydrogens is 561 g/mol. The summed E-state index contributed by atoms with van der Waals surface area (Å²) in [5.41, 5.74) is 1.47. The fraction of sp³-hybridized carbons (Fsp3) is 0.192. The molecule has 0 bridgehead atoms. The van der Waals surface area contributed by atoms with Gasteiger partial charge in [-0.05, 0) is 16.7 Å². The molecule has 2 aliphatic heterocycles. The van der Waals surface area contributed by atoms with Crippen molar-refractivity contribution in [3.8, 4) is 0 Å². The lowest BCUT2D eigenvalue weighted by molar-refractivity contribution is 0.0127. The Bertz CT molecular complexity index is 1480. The van der Waals surface area contributed by atoms with E-state index < -0.39 is 46.6 Å². The normalized spacial score (nSPS) is 21.5. The van der Waals surface area contributed by atoms with Crippen LogP contribution in [0.2, 0.25) is 0 Å². The second kappa shape index (κ2) is 8.84. The molecule has 1 fully saturated rings. The van der Waals surface area contributed by atoms with Crippen molar-refractivity contribution < 1.29 is 31.8 Å². The Labute approximate surface area is 216 Å². The molecule has 1 saturated heterocycles. The van der Waals surface area contributed by atoms with Crippen LogP contribution in [0.5, 0.6) is 0 Å². The van der Waals surface area contributed by atoms with Gasteiger partial charge in [0, 0.05) is 17.3 Å². The van der Waals surface area contributed by atoms with E-state index in [1.807, 2.05) is 24.3 Å². The van der Waals surface area contributed by atoms with Gasteiger partial charge in [0.1, 0.15) is 12.3 Å². The van der Waals surface area contributed by atoms with Crippen LogP contribution in [0.4, 0.5) is 27.6 Å². The highest BCUT2D eigenvalue weighted by atomic mass is 79.9. The highest BCUT2D eigenvalue weighted by Crippen LogP contribution is 2.48. The molecule has 37 heavy (non-hydrogen) atoms. The summed E-state index contributed by atoms with van der Waals surface area (Å²) >= 11 is 3.36. The number of hydrogen-bond donors (Lipinski definition) is 1. The summed E-state index contributed by atoms with van der Waals surface area (Å²) in [6.45, 7) is -0.0993. The molecule has 0 spiro atoms. The highest BCUT2D eigenvalue weighted by molar-refractivity contribution is 9.08. The van der Waals surface area contributed by atoms with Crippen LogP contribution in [-0.2, 0) is 16.5 Å². The van der Waals surface area contributed by atoms with E-state index in [4.69, 9.17) is 4.74 Å². The molecule has 1 aliphatic carbocycles. The van der Waals surface area contributed by atoms with E-state index in [1.54, 1.807) is 29.2 Å². The number of aliphatic hydroxyl groups is 1. The zero-order valence-corrected chi connectivity index (χ0v) is 20.4. The highest BCUT2D eigenvalue weighted by Gasteiger charge is 2.50. The van der Waals surface area contributed by atoms with Gasteiger partial charge in [-0.2, -0.15) is 0 Å². The third-order valence-electron chi connectivity index (χ3n) is 6.80.